The molecule has 2 atom stereocenters. The number of hydrogen-bond donors (Lipinski definition) is 0. The molecule has 1 aliphatic rings. The third-order valence-electron chi connectivity index (χ3n) is 2.78. The Labute approximate surface area is 78.8 Å². The van der Waals surface area contributed by atoms with Gasteiger partial charge in [-0.25, -0.2) is 0 Å². The van der Waals surface area contributed by atoms with Gasteiger partial charge in [-0.1, -0.05) is 37.3 Å². The molecule has 0 amide bonds. The summed E-state index contributed by atoms with van der Waals surface area (Å²) in [5, 5.41) is 0. The lowest BCUT2D eigenvalue weighted by molar-refractivity contribution is -0.120. The standard InChI is InChI=1S/C12H14O/c1-2-12(13)11-8-10(11)9-6-4-3-5-7-9/h3-7,10-11H,2,8H2,1H3/t10-,11-/m1/s1. The third kappa shape index (κ3) is 1.64. The van der Waals surface area contributed by atoms with Crippen LogP contribution in [0, 0.1) is 5.92 Å². The number of carbonyl (C=O) groups excluding carboxylic acids is 1. The van der Waals surface area contributed by atoms with Gasteiger partial charge in [-0.2, -0.15) is 0 Å². The average molecular weight is 174 g/mol. The van der Waals surface area contributed by atoms with Crippen LogP contribution in [0.3, 0.4) is 0 Å². The van der Waals surface area contributed by atoms with E-state index in [-0.39, 0.29) is 0 Å². The maximum atomic E-state index is 11.4. The Bertz CT molecular complexity index is 302. The molecule has 2 rings (SSSR count). The summed E-state index contributed by atoms with van der Waals surface area (Å²) in [6.07, 6.45) is 1.75. The minimum Gasteiger partial charge on any atom is -0.299 e. The Morgan fingerprint density at radius 3 is 2.69 bits per heavy atom. The monoisotopic (exact) mass is 174 g/mol. The van der Waals surface area contributed by atoms with Gasteiger partial charge in [0.1, 0.15) is 5.78 Å². The second-order valence-corrected chi connectivity index (χ2v) is 3.68. The highest BCUT2D eigenvalue weighted by Gasteiger charge is 2.42. The Balaban J connectivity index is 2.04. The first kappa shape index (κ1) is 8.49. The molecular formula is C12H14O. The molecule has 0 aliphatic heterocycles. The van der Waals surface area contributed by atoms with Crippen LogP contribution in [0.1, 0.15) is 31.2 Å². The van der Waals surface area contributed by atoms with Crippen molar-refractivity contribution in [3.05, 3.63) is 35.9 Å². The third-order valence-corrected chi connectivity index (χ3v) is 2.78. The molecule has 13 heavy (non-hydrogen) atoms. The first-order chi connectivity index (χ1) is 6.33. The van der Waals surface area contributed by atoms with Gasteiger partial charge in [0.25, 0.3) is 0 Å². The van der Waals surface area contributed by atoms with Gasteiger partial charge >= 0.3 is 0 Å². The zero-order valence-corrected chi connectivity index (χ0v) is 7.86. The highest BCUT2D eigenvalue weighted by molar-refractivity contribution is 5.84. The number of carbonyl (C=O) groups is 1. The molecule has 0 radical (unpaired) electrons. The maximum absolute atomic E-state index is 11.4. The predicted molar refractivity (Wildman–Crippen MR) is 52.6 cm³/mol. The summed E-state index contributed by atoms with van der Waals surface area (Å²) in [6.45, 7) is 1.95. The van der Waals surface area contributed by atoms with Crippen molar-refractivity contribution in [1.82, 2.24) is 0 Å². The van der Waals surface area contributed by atoms with Crippen LogP contribution in [0.15, 0.2) is 30.3 Å². The second kappa shape index (κ2) is 3.33. The fraction of sp³-hybridized carbons (Fsp3) is 0.417. The zero-order valence-electron chi connectivity index (χ0n) is 7.86. The number of benzene rings is 1. The van der Waals surface area contributed by atoms with Crippen LogP contribution in [0.2, 0.25) is 0 Å². The lowest BCUT2D eigenvalue weighted by atomic mass is 10.1. The van der Waals surface area contributed by atoms with Crippen LogP contribution < -0.4 is 0 Å². The molecular weight excluding hydrogens is 160 g/mol. The van der Waals surface area contributed by atoms with Crippen LogP contribution >= 0.6 is 0 Å². The summed E-state index contributed by atoms with van der Waals surface area (Å²) < 4.78 is 0. The zero-order chi connectivity index (χ0) is 9.26. The van der Waals surface area contributed by atoms with E-state index in [1.54, 1.807) is 0 Å². The molecule has 1 aromatic carbocycles. The number of Topliss-reactive ketones (excluding diaryl/α,β-unsaturated/α-hetero) is 1. The van der Waals surface area contributed by atoms with E-state index < -0.39 is 0 Å². The summed E-state index contributed by atoms with van der Waals surface area (Å²) in [4.78, 5) is 11.4. The van der Waals surface area contributed by atoms with Crippen LogP contribution in [-0.4, -0.2) is 5.78 Å². The van der Waals surface area contributed by atoms with Crippen LogP contribution in [-0.2, 0) is 4.79 Å². The molecule has 1 saturated carbocycles. The lowest BCUT2D eigenvalue weighted by Crippen LogP contribution is -1.99. The molecule has 0 bridgehead atoms. The minimum atomic E-state index is 0.326. The van der Waals surface area contributed by atoms with E-state index in [9.17, 15) is 4.79 Å². The highest BCUT2D eigenvalue weighted by Crippen LogP contribution is 2.48. The van der Waals surface area contributed by atoms with E-state index >= 15 is 0 Å². The Morgan fingerprint density at radius 1 is 1.38 bits per heavy atom. The van der Waals surface area contributed by atoms with Gasteiger partial charge < -0.3 is 0 Å². The van der Waals surface area contributed by atoms with Crippen molar-refractivity contribution in [2.24, 2.45) is 5.92 Å². The van der Waals surface area contributed by atoms with E-state index in [0.717, 1.165) is 6.42 Å². The van der Waals surface area contributed by atoms with Crippen molar-refractivity contribution >= 4 is 5.78 Å². The van der Waals surface area contributed by atoms with Gasteiger partial charge in [-0.05, 0) is 17.9 Å². The van der Waals surface area contributed by atoms with Crippen molar-refractivity contribution in [2.75, 3.05) is 0 Å². The Morgan fingerprint density at radius 2 is 2.08 bits per heavy atom. The molecule has 1 heteroatoms. The van der Waals surface area contributed by atoms with Gasteiger partial charge in [0.15, 0.2) is 0 Å². The first-order valence-corrected chi connectivity index (χ1v) is 4.90. The molecule has 1 aromatic rings. The molecule has 1 nitrogen and oxygen atoms in total. The van der Waals surface area contributed by atoms with Crippen molar-refractivity contribution in [1.29, 1.82) is 0 Å². The van der Waals surface area contributed by atoms with Crippen LogP contribution in [0.4, 0.5) is 0 Å². The van der Waals surface area contributed by atoms with Gasteiger partial charge in [-0.3, -0.25) is 4.79 Å². The van der Waals surface area contributed by atoms with Crippen LogP contribution in [0.5, 0.6) is 0 Å². The fourth-order valence-corrected chi connectivity index (χ4v) is 1.88. The molecule has 0 unspecified atom stereocenters. The summed E-state index contributed by atoms with van der Waals surface area (Å²) in [5.41, 5.74) is 1.33. The maximum Gasteiger partial charge on any atom is 0.136 e. The normalized spacial score (nSPS) is 25.6. The minimum absolute atomic E-state index is 0.326. The second-order valence-electron chi connectivity index (χ2n) is 3.68. The highest BCUT2D eigenvalue weighted by atomic mass is 16.1. The fourth-order valence-electron chi connectivity index (χ4n) is 1.88. The summed E-state index contributed by atoms with van der Waals surface area (Å²) in [6, 6.07) is 10.3. The van der Waals surface area contributed by atoms with Crippen molar-refractivity contribution < 1.29 is 4.79 Å². The first-order valence-electron chi connectivity index (χ1n) is 4.90. The van der Waals surface area contributed by atoms with E-state index in [2.05, 4.69) is 12.1 Å². The Kier molecular flexibility index (Phi) is 2.17. The SMILES string of the molecule is CCC(=O)[C@@H]1C[C@@H]1c1ccccc1. The van der Waals surface area contributed by atoms with E-state index in [1.165, 1.54) is 5.56 Å². The molecule has 1 aliphatic carbocycles. The quantitative estimate of drug-likeness (QED) is 0.688. The summed E-state index contributed by atoms with van der Waals surface area (Å²) in [7, 11) is 0. The van der Waals surface area contributed by atoms with Gasteiger partial charge in [-0.15, -0.1) is 0 Å². The smallest absolute Gasteiger partial charge is 0.136 e. The number of ketones is 1. The summed E-state index contributed by atoms with van der Waals surface area (Å²) in [5.74, 6) is 1.27. The van der Waals surface area contributed by atoms with Crippen LogP contribution in [0.25, 0.3) is 0 Å². The molecule has 0 heterocycles. The van der Waals surface area contributed by atoms with E-state index in [0.29, 0.717) is 24.0 Å². The van der Waals surface area contributed by atoms with Gasteiger partial charge in [0.2, 0.25) is 0 Å². The molecule has 0 spiro atoms. The van der Waals surface area contributed by atoms with Crippen molar-refractivity contribution in [3.8, 4) is 0 Å². The van der Waals surface area contributed by atoms with Gasteiger partial charge in [0, 0.05) is 12.3 Å². The molecule has 0 saturated heterocycles. The number of hydrogen-bond acceptors (Lipinski definition) is 1. The predicted octanol–water partition coefficient (Wildman–Crippen LogP) is 2.77. The van der Waals surface area contributed by atoms with Crippen molar-refractivity contribution in [2.45, 2.75) is 25.7 Å². The average Bonchev–Trinajstić information content (AvgIpc) is 2.98. The summed E-state index contributed by atoms with van der Waals surface area (Å²) >= 11 is 0. The molecule has 68 valence electrons. The largest absolute Gasteiger partial charge is 0.299 e. The van der Waals surface area contributed by atoms with E-state index in [4.69, 9.17) is 0 Å². The van der Waals surface area contributed by atoms with E-state index in [1.807, 2.05) is 25.1 Å². The molecule has 0 aromatic heterocycles. The number of rotatable bonds is 3. The molecule has 0 N–H and O–H groups in total. The lowest BCUT2D eigenvalue weighted by Gasteiger charge is -1.97. The topological polar surface area (TPSA) is 17.1 Å². The Hall–Kier alpha value is -1.11. The van der Waals surface area contributed by atoms with Crippen molar-refractivity contribution in [3.63, 3.8) is 0 Å². The molecule has 1 fully saturated rings. The van der Waals surface area contributed by atoms with Gasteiger partial charge in [0.05, 0.1) is 0 Å².